The van der Waals surface area contributed by atoms with Crippen LogP contribution in [-0.2, 0) is 9.53 Å². The Bertz CT molecular complexity index is 933. The number of carbonyl (C=O) groups is 1. The maximum absolute atomic E-state index is 12.1. The predicted molar refractivity (Wildman–Crippen MR) is 106 cm³/mol. The third kappa shape index (κ3) is 4.74. The quantitative estimate of drug-likeness (QED) is 0.489. The number of hydrogen-bond acceptors (Lipinski definition) is 6. The van der Waals surface area contributed by atoms with Crippen LogP contribution in [0.5, 0.6) is 0 Å². The van der Waals surface area contributed by atoms with Crippen molar-refractivity contribution in [2.75, 3.05) is 5.75 Å². The Labute approximate surface area is 163 Å². The molecule has 0 radical (unpaired) electrons. The molecule has 0 spiro atoms. The van der Waals surface area contributed by atoms with Gasteiger partial charge in [-0.3, -0.25) is 14.3 Å². The van der Waals surface area contributed by atoms with Crippen LogP contribution in [0.1, 0.15) is 26.3 Å². The average molecular weight is 382 g/mol. The molecule has 0 fully saturated rings. The summed E-state index contributed by atoms with van der Waals surface area (Å²) >= 11 is 1.31. The zero-order chi connectivity index (χ0) is 19.4. The second-order valence-electron chi connectivity index (χ2n) is 7.04. The number of nitrogens with zero attached hydrogens (tertiary/aromatic N) is 4. The molecule has 0 amide bonds. The molecule has 7 heteroatoms. The van der Waals surface area contributed by atoms with Crippen molar-refractivity contribution in [1.82, 2.24) is 19.7 Å². The first kappa shape index (κ1) is 19.1. The first-order valence-corrected chi connectivity index (χ1v) is 9.60. The van der Waals surface area contributed by atoms with Gasteiger partial charge in [-0.1, -0.05) is 30.0 Å². The van der Waals surface area contributed by atoms with Gasteiger partial charge < -0.3 is 4.74 Å². The minimum Gasteiger partial charge on any atom is -0.459 e. The maximum atomic E-state index is 12.1. The fourth-order valence-corrected chi connectivity index (χ4v) is 3.29. The number of esters is 1. The van der Waals surface area contributed by atoms with Gasteiger partial charge in [-0.15, -0.1) is 10.2 Å². The van der Waals surface area contributed by atoms with Crippen molar-refractivity contribution in [3.05, 3.63) is 54.4 Å². The first-order valence-electron chi connectivity index (χ1n) is 8.61. The number of aromatic nitrogens is 4. The Morgan fingerprint density at radius 1 is 1.15 bits per heavy atom. The average Bonchev–Trinajstić information content (AvgIpc) is 3.03. The van der Waals surface area contributed by atoms with E-state index in [1.165, 1.54) is 11.8 Å². The summed E-state index contributed by atoms with van der Waals surface area (Å²) in [7, 11) is 0. The minimum absolute atomic E-state index is 0.161. The van der Waals surface area contributed by atoms with Crippen LogP contribution in [0.15, 0.2) is 53.9 Å². The summed E-state index contributed by atoms with van der Waals surface area (Å²) in [6.45, 7) is 7.59. The number of pyridine rings is 1. The summed E-state index contributed by atoms with van der Waals surface area (Å²) < 4.78 is 7.35. The van der Waals surface area contributed by atoms with Crippen LogP contribution in [-0.4, -0.2) is 37.1 Å². The van der Waals surface area contributed by atoms with Crippen molar-refractivity contribution in [2.24, 2.45) is 0 Å². The molecule has 0 aliphatic carbocycles. The van der Waals surface area contributed by atoms with E-state index in [1.54, 1.807) is 12.4 Å². The number of thioether (sulfide) groups is 1. The lowest BCUT2D eigenvalue weighted by Gasteiger charge is -2.19. The molecule has 3 rings (SSSR count). The van der Waals surface area contributed by atoms with E-state index in [9.17, 15) is 4.79 Å². The van der Waals surface area contributed by atoms with Crippen molar-refractivity contribution in [2.45, 2.75) is 38.5 Å². The van der Waals surface area contributed by atoms with E-state index in [-0.39, 0.29) is 11.7 Å². The highest BCUT2D eigenvalue weighted by molar-refractivity contribution is 7.99. The molecule has 0 saturated heterocycles. The molecule has 0 saturated carbocycles. The van der Waals surface area contributed by atoms with E-state index >= 15 is 0 Å². The lowest BCUT2D eigenvalue weighted by molar-refractivity contribution is -0.151. The number of aryl methyl sites for hydroxylation is 1. The van der Waals surface area contributed by atoms with Gasteiger partial charge in [0.1, 0.15) is 5.60 Å². The first-order chi connectivity index (χ1) is 12.8. The molecule has 3 aromatic rings. The van der Waals surface area contributed by atoms with Gasteiger partial charge >= 0.3 is 5.97 Å². The van der Waals surface area contributed by atoms with E-state index in [0.29, 0.717) is 11.0 Å². The molecule has 6 nitrogen and oxygen atoms in total. The zero-order valence-electron chi connectivity index (χ0n) is 15.8. The summed E-state index contributed by atoms with van der Waals surface area (Å²) in [6, 6.07) is 11.8. The minimum atomic E-state index is -0.512. The third-order valence-electron chi connectivity index (χ3n) is 3.65. The van der Waals surface area contributed by atoms with Crippen molar-refractivity contribution in [1.29, 1.82) is 0 Å². The van der Waals surface area contributed by atoms with E-state index < -0.39 is 5.60 Å². The molecule has 0 bridgehead atoms. The fourth-order valence-electron chi connectivity index (χ4n) is 2.57. The summed E-state index contributed by atoms with van der Waals surface area (Å²) in [5.41, 5.74) is 2.40. The highest BCUT2D eigenvalue weighted by Crippen LogP contribution is 2.29. The Kier molecular flexibility index (Phi) is 5.60. The van der Waals surface area contributed by atoms with Crippen LogP contribution >= 0.6 is 11.8 Å². The third-order valence-corrected chi connectivity index (χ3v) is 4.55. The number of ether oxygens (including phenoxy) is 1. The zero-order valence-corrected chi connectivity index (χ0v) is 16.7. The van der Waals surface area contributed by atoms with E-state index in [4.69, 9.17) is 4.74 Å². The van der Waals surface area contributed by atoms with Gasteiger partial charge in [-0.25, -0.2) is 0 Å². The Balaban J connectivity index is 1.96. The SMILES string of the molecule is Cc1ccccc1-n1c(SCC(=O)OC(C)(C)C)nnc1-c1cccnc1. The normalized spacial score (nSPS) is 11.4. The summed E-state index contributed by atoms with van der Waals surface area (Å²) in [5, 5.41) is 9.31. The van der Waals surface area contributed by atoms with Crippen LogP contribution < -0.4 is 0 Å². The second-order valence-corrected chi connectivity index (χ2v) is 7.99. The molecule has 27 heavy (non-hydrogen) atoms. The molecule has 140 valence electrons. The lowest BCUT2D eigenvalue weighted by atomic mass is 10.2. The van der Waals surface area contributed by atoms with Crippen LogP contribution in [0.25, 0.3) is 17.1 Å². The van der Waals surface area contributed by atoms with Gasteiger partial charge in [0.2, 0.25) is 0 Å². The Morgan fingerprint density at radius 3 is 2.59 bits per heavy atom. The van der Waals surface area contributed by atoms with Gasteiger partial charge in [0.25, 0.3) is 0 Å². The fraction of sp³-hybridized carbons (Fsp3) is 0.300. The van der Waals surface area contributed by atoms with Crippen LogP contribution in [0.3, 0.4) is 0 Å². The molecule has 2 heterocycles. The van der Waals surface area contributed by atoms with Gasteiger partial charge in [0.15, 0.2) is 11.0 Å². The van der Waals surface area contributed by atoms with Gasteiger partial charge in [-0.05, 0) is 51.5 Å². The van der Waals surface area contributed by atoms with Gasteiger partial charge in [-0.2, -0.15) is 0 Å². The largest absolute Gasteiger partial charge is 0.459 e. The van der Waals surface area contributed by atoms with Crippen molar-refractivity contribution in [3.63, 3.8) is 0 Å². The second kappa shape index (κ2) is 7.92. The number of rotatable bonds is 5. The highest BCUT2D eigenvalue weighted by atomic mass is 32.2. The van der Waals surface area contributed by atoms with Crippen molar-refractivity contribution >= 4 is 17.7 Å². The van der Waals surface area contributed by atoms with Crippen LogP contribution in [0, 0.1) is 6.92 Å². The molecule has 0 aliphatic heterocycles. The molecule has 0 atom stereocenters. The van der Waals surface area contributed by atoms with Gasteiger partial charge in [0, 0.05) is 18.0 Å². The number of hydrogen-bond donors (Lipinski definition) is 0. The molecule has 2 aromatic heterocycles. The Hall–Kier alpha value is -2.67. The van der Waals surface area contributed by atoms with Crippen molar-refractivity contribution < 1.29 is 9.53 Å². The molecule has 0 N–H and O–H groups in total. The topological polar surface area (TPSA) is 69.9 Å². The number of para-hydroxylation sites is 1. The number of carbonyl (C=O) groups excluding carboxylic acids is 1. The van der Waals surface area contributed by atoms with E-state index in [1.807, 2.05) is 68.7 Å². The van der Waals surface area contributed by atoms with Gasteiger partial charge in [0.05, 0.1) is 11.4 Å². The lowest BCUT2D eigenvalue weighted by Crippen LogP contribution is -2.25. The highest BCUT2D eigenvalue weighted by Gasteiger charge is 2.21. The van der Waals surface area contributed by atoms with Crippen LogP contribution in [0.2, 0.25) is 0 Å². The maximum Gasteiger partial charge on any atom is 0.316 e. The van der Waals surface area contributed by atoms with Crippen LogP contribution in [0.4, 0.5) is 0 Å². The molecular weight excluding hydrogens is 360 g/mol. The standard InChI is InChI=1S/C20H22N4O2S/c1-14-8-5-6-10-16(14)24-18(15-9-7-11-21-12-15)22-23-19(24)27-13-17(25)26-20(2,3)4/h5-12H,13H2,1-4H3. The molecule has 0 aliphatic rings. The van der Waals surface area contributed by atoms with E-state index in [0.717, 1.165) is 16.8 Å². The molecule has 1 aromatic carbocycles. The summed E-state index contributed by atoms with van der Waals surface area (Å²) in [6.07, 6.45) is 3.47. The summed E-state index contributed by atoms with van der Waals surface area (Å²) in [5.74, 6) is 0.563. The van der Waals surface area contributed by atoms with E-state index in [2.05, 4.69) is 15.2 Å². The number of benzene rings is 1. The summed E-state index contributed by atoms with van der Waals surface area (Å²) in [4.78, 5) is 16.3. The van der Waals surface area contributed by atoms with Crippen molar-refractivity contribution in [3.8, 4) is 17.1 Å². The molecule has 0 unspecified atom stereocenters. The Morgan fingerprint density at radius 2 is 1.93 bits per heavy atom. The predicted octanol–water partition coefficient (Wildman–Crippen LogP) is 4.07. The monoisotopic (exact) mass is 382 g/mol. The smallest absolute Gasteiger partial charge is 0.316 e. The molecular formula is C20H22N4O2S.